The van der Waals surface area contributed by atoms with Gasteiger partial charge in [0, 0.05) is 19.2 Å². The quantitative estimate of drug-likeness (QED) is 0.878. The molecule has 0 heterocycles. The molecule has 0 bridgehead atoms. The SMILES string of the molecule is COC1CC(NC(c2ccccc2)C(C)(C)C)C1. The van der Waals surface area contributed by atoms with Crippen LogP contribution in [-0.2, 0) is 4.74 Å². The lowest BCUT2D eigenvalue weighted by molar-refractivity contribution is 0.00905. The fraction of sp³-hybridized carbons (Fsp3) is 0.625. The van der Waals surface area contributed by atoms with Crippen LogP contribution in [0.15, 0.2) is 30.3 Å². The molecular formula is C16H25NO. The minimum Gasteiger partial charge on any atom is -0.381 e. The molecule has 18 heavy (non-hydrogen) atoms. The number of hydrogen-bond acceptors (Lipinski definition) is 2. The summed E-state index contributed by atoms with van der Waals surface area (Å²) in [5.41, 5.74) is 1.60. The van der Waals surface area contributed by atoms with E-state index in [0.29, 0.717) is 18.2 Å². The average molecular weight is 247 g/mol. The van der Waals surface area contributed by atoms with Gasteiger partial charge in [-0.25, -0.2) is 0 Å². The second-order valence-electron chi connectivity index (χ2n) is 6.40. The summed E-state index contributed by atoms with van der Waals surface area (Å²) in [5, 5.41) is 3.79. The molecule has 1 unspecified atom stereocenters. The van der Waals surface area contributed by atoms with E-state index in [2.05, 4.69) is 56.4 Å². The van der Waals surface area contributed by atoms with E-state index in [1.54, 1.807) is 7.11 Å². The molecule has 2 heteroatoms. The number of nitrogens with one attached hydrogen (secondary N) is 1. The highest BCUT2D eigenvalue weighted by atomic mass is 16.5. The van der Waals surface area contributed by atoms with E-state index in [4.69, 9.17) is 4.74 Å². The molecule has 1 aliphatic carbocycles. The first-order chi connectivity index (χ1) is 8.50. The van der Waals surface area contributed by atoms with Gasteiger partial charge in [0.15, 0.2) is 0 Å². The highest BCUT2D eigenvalue weighted by molar-refractivity contribution is 5.21. The Morgan fingerprint density at radius 3 is 2.28 bits per heavy atom. The van der Waals surface area contributed by atoms with Crippen LogP contribution in [0.3, 0.4) is 0 Å². The molecule has 0 radical (unpaired) electrons. The van der Waals surface area contributed by atoms with E-state index in [1.165, 1.54) is 5.56 Å². The van der Waals surface area contributed by atoms with Crippen LogP contribution in [0.2, 0.25) is 0 Å². The molecule has 1 aromatic rings. The van der Waals surface area contributed by atoms with Crippen LogP contribution in [-0.4, -0.2) is 19.3 Å². The Bertz CT molecular complexity index is 362. The van der Waals surface area contributed by atoms with Crippen LogP contribution in [0, 0.1) is 5.41 Å². The van der Waals surface area contributed by atoms with Crippen molar-refractivity contribution in [2.24, 2.45) is 5.41 Å². The Morgan fingerprint density at radius 2 is 1.78 bits per heavy atom. The summed E-state index contributed by atoms with van der Waals surface area (Å²) in [4.78, 5) is 0. The Hall–Kier alpha value is -0.860. The zero-order valence-electron chi connectivity index (χ0n) is 11.9. The van der Waals surface area contributed by atoms with Crippen molar-refractivity contribution in [2.75, 3.05) is 7.11 Å². The summed E-state index contributed by atoms with van der Waals surface area (Å²) in [7, 11) is 1.80. The van der Waals surface area contributed by atoms with Gasteiger partial charge in [0.05, 0.1) is 6.10 Å². The standard InChI is InChI=1S/C16H25NO/c1-16(2,3)15(12-8-6-5-7-9-12)17-13-10-14(11-13)18-4/h5-9,13-15,17H,10-11H2,1-4H3. The Morgan fingerprint density at radius 1 is 1.17 bits per heavy atom. The highest BCUT2D eigenvalue weighted by Gasteiger charge is 2.34. The second-order valence-corrected chi connectivity index (χ2v) is 6.40. The molecule has 0 saturated heterocycles. The Balaban J connectivity index is 2.04. The fourth-order valence-corrected chi connectivity index (χ4v) is 2.62. The molecule has 0 aliphatic heterocycles. The van der Waals surface area contributed by atoms with Gasteiger partial charge in [-0.05, 0) is 23.8 Å². The molecule has 1 aliphatic rings. The molecule has 0 amide bonds. The van der Waals surface area contributed by atoms with Crippen LogP contribution < -0.4 is 5.32 Å². The topological polar surface area (TPSA) is 21.3 Å². The van der Waals surface area contributed by atoms with Crippen molar-refractivity contribution in [3.63, 3.8) is 0 Å². The maximum absolute atomic E-state index is 5.35. The first kappa shape index (κ1) is 13.6. The Kier molecular flexibility index (Phi) is 4.08. The van der Waals surface area contributed by atoms with Crippen LogP contribution in [0.5, 0.6) is 0 Å². The van der Waals surface area contributed by atoms with E-state index >= 15 is 0 Å². The largest absolute Gasteiger partial charge is 0.381 e. The maximum atomic E-state index is 5.35. The molecule has 2 rings (SSSR count). The summed E-state index contributed by atoms with van der Waals surface area (Å²) in [6.45, 7) is 6.89. The summed E-state index contributed by atoms with van der Waals surface area (Å²) in [5.74, 6) is 0. The summed E-state index contributed by atoms with van der Waals surface area (Å²) >= 11 is 0. The van der Waals surface area contributed by atoms with Crippen molar-refractivity contribution in [1.29, 1.82) is 0 Å². The van der Waals surface area contributed by atoms with Crippen molar-refractivity contribution < 1.29 is 4.74 Å². The van der Waals surface area contributed by atoms with E-state index in [9.17, 15) is 0 Å². The zero-order chi connectivity index (χ0) is 13.2. The monoisotopic (exact) mass is 247 g/mol. The lowest BCUT2D eigenvalue weighted by Crippen LogP contribution is -2.49. The smallest absolute Gasteiger partial charge is 0.0601 e. The van der Waals surface area contributed by atoms with Crippen LogP contribution in [0.25, 0.3) is 0 Å². The Labute approximate surface area is 111 Å². The van der Waals surface area contributed by atoms with Gasteiger partial charge >= 0.3 is 0 Å². The predicted octanol–water partition coefficient (Wildman–Crippen LogP) is 3.54. The molecule has 1 aromatic carbocycles. The third-order valence-corrected chi connectivity index (χ3v) is 3.83. The molecule has 2 nitrogen and oxygen atoms in total. The zero-order valence-corrected chi connectivity index (χ0v) is 11.9. The molecular weight excluding hydrogens is 222 g/mol. The molecule has 1 fully saturated rings. The molecule has 1 saturated carbocycles. The molecule has 0 aromatic heterocycles. The molecule has 100 valence electrons. The summed E-state index contributed by atoms with van der Waals surface area (Å²) < 4.78 is 5.35. The first-order valence-electron chi connectivity index (χ1n) is 6.84. The van der Waals surface area contributed by atoms with Crippen LogP contribution in [0.1, 0.15) is 45.2 Å². The van der Waals surface area contributed by atoms with E-state index < -0.39 is 0 Å². The van der Waals surface area contributed by atoms with Crippen LogP contribution in [0.4, 0.5) is 0 Å². The number of ether oxygens (including phenoxy) is 1. The number of hydrogen-bond donors (Lipinski definition) is 1. The number of benzene rings is 1. The van der Waals surface area contributed by atoms with Gasteiger partial charge in [-0.15, -0.1) is 0 Å². The van der Waals surface area contributed by atoms with Gasteiger partial charge < -0.3 is 10.1 Å². The van der Waals surface area contributed by atoms with Gasteiger partial charge in [-0.3, -0.25) is 0 Å². The maximum Gasteiger partial charge on any atom is 0.0601 e. The van der Waals surface area contributed by atoms with Gasteiger partial charge in [-0.1, -0.05) is 51.1 Å². The minimum absolute atomic E-state index is 0.222. The molecule has 1 atom stereocenters. The number of rotatable bonds is 4. The van der Waals surface area contributed by atoms with Crippen LogP contribution >= 0.6 is 0 Å². The van der Waals surface area contributed by atoms with Gasteiger partial charge in [-0.2, -0.15) is 0 Å². The van der Waals surface area contributed by atoms with Gasteiger partial charge in [0.2, 0.25) is 0 Å². The van der Waals surface area contributed by atoms with Gasteiger partial charge in [0.1, 0.15) is 0 Å². The third kappa shape index (κ3) is 3.12. The molecule has 1 N–H and O–H groups in total. The lowest BCUT2D eigenvalue weighted by atomic mass is 9.79. The van der Waals surface area contributed by atoms with Crippen molar-refractivity contribution in [3.8, 4) is 0 Å². The third-order valence-electron chi connectivity index (χ3n) is 3.83. The van der Waals surface area contributed by atoms with Crippen molar-refractivity contribution >= 4 is 0 Å². The average Bonchev–Trinajstić information content (AvgIpc) is 2.27. The normalized spacial score (nSPS) is 25.6. The predicted molar refractivity (Wildman–Crippen MR) is 75.6 cm³/mol. The van der Waals surface area contributed by atoms with Crippen molar-refractivity contribution in [1.82, 2.24) is 5.32 Å². The minimum atomic E-state index is 0.222. The van der Waals surface area contributed by atoms with E-state index in [0.717, 1.165) is 12.8 Å². The first-order valence-corrected chi connectivity index (χ1v) is 6.84. The molecule has 0 spiro atoms. The van der Waals surface area contributed by atoms with E-state index in [-0.39, 0.29) is 5.41 Å². The lowest BCUT2D eigenvalue weighted by Gasteiger charge is -2.41. The second kappa shape index (κ2) is 5.41. The van der Waals surface area contributed by atoms with Gasteiger partial charge in [0.25, 0.3) is 0 Å². The van der Waals surface area contributed by atoms with Crippen molar-refractivity contribution in [3.05, 3.63) is 35.9 Å². The number of methoxy groups -OCH3 is 1. The van der Waals surface area contributed by atoms with Crippen molar-refractivity contribution in [2.45, 2.75) is 51.8 Å². The fourth-order valence-electron chi connectivity index (χ4n) is 2.62. The summed E-state index contributed by atoms with van der Waals surface area (Å²) in [6, 6.07) is 11.8. The summed E-state index contributed by atoms with van der Waals surface area (Å²) in [6.07, 6.45) is 2.73. The van der Waals surface area contributed by atoms with E-state index in [1.807, 2.05) is 0 Å². The highest BCUT2D eigenvalue weighted by Crippen LogP contribution is 2.35.